The molecule has 0 rings (SSSR count). The topological polar surface area (TPSA) is 37.3 Å². The smallest absolute Gasteiger partial charge is 0.330 e. The van der Waals surface area contributed by atoms with Gasteiger partial charge in [-0.3, -0.25) is 0 Å². The van der Waals surface area contributed by atoms with Gasteiger partial charge in [0.1, 0.15) is 0 Å². The lowest BCUT2D eigenvalue weighted by atomic mass is 9.90. The Balaban J connectivity index is 4.00. The quantitative estimate of drug-likeness (QED) is 0.184. The average molecular weight is 367 g/mol. The van der Waals surface area contributed by atoms with Crippen molar-refractivity contribution in [1.82, 2.24) is 0 Å². The summed E-state index contributed by atoms with van der Waals surface area (Å²) in [4.78, 5) is 11.0. The van der Waals surface area contributed by atoms with Crippen molar-refractivity contribution >= 4 is 5.97 Å². The van der Waals surface area contributed by atoms with Gasteiger partial charge in [-0.05, 0) is 19.3 Å². The van der Waals surface area contributed by atoms with E-state index in [4.69, 9.17) is 5.11 Å². The van der Waals surface area contributed by atoms with Gasteiger partial charge in [-0.15, -0.1) is 0 Å². The predicted molar refractivity (Wildman–Crippen MR) is 115 cm³/mol. The number of carbonyl (C=O) groups is 1. The highest BCUT2D eigenvalue weighted by atomic mass is 16.4. The number of hydrogen-bond donors (Lipinski definition) is 1. The molecule has 0 aromatic carbocycles. The molecule has 0 saturated heterocycles. The van der Waals surface area contributed by atoms with Crippen LogP contribution in [0.1, 0.15) is 130 Å². The fourth-order valence-corrected chi connectivity index (χ4v) is 3.59. The third kappa shape index (κ3) is 16.7. The number of carboxylic acids is 1. The van der Waals surface area contributed by atoms with Crippen LogP contribution >= 0.6 is 0 Å². The van der Waals surface area contributed by atoms with Gasteiger partial charge in [0, 0.05) is 5.57 Å². The van der Waals surface area contributed by atoms with E-state index in [1.54, 1.807) is 6.92 Å². The SMILES string of the molecule is CCCCCCCCCCC(CC=C(C)C(=O)O)CCCCCCCC. The predicted octanol–water partition coefficient (Wildman–Crippen LogP) is 8.31. The third-order valence-electron chi connectivity index (χ3n) is 5.53. The van der Waals surface area contributed by atoms with Gasteiger partial charge in [0.2, 0.25) is 0 Å². The van der Waals surface area contributed by atoms with E-state index in [-0.39, 0.29) is 0 Å². The Morgan fingerprint density at radius 2 is 1.12 bits per heavy atom. The van der Waals surface area contributed by atoms with Gasteiger partial charge in [-0.25, -0.2) is 4.79 Å². The minimum Gasteiger partial charge on any atom is -0.478 e. The Bertz CT molecular complexity index is 346. The molecule has 0 amide bonds. The number of allylic oxidation sites excluding steroid dienone is 1. The zero-order valence-corrected chi connectivity index (χ0v) is 18.0. The van der Waals surface area contributed by atoms with Crippen molar-refractivity contribution in [2.45, 2.75) is 130 Å². The normalized spacial score (nSPS) is 13.1. The maximum Gasteiger partial charge on any atom is 0.330 e. The van der Waals surface area contributed by atoms with Crippen LogP contribution in [0.15, 0.2) is 11.6 Å². The zero-order valence-electron chi connectivity index (χ0n) is 18.0. The van der Waals surface area contributed by atoms with Crippen LogP contribution < -0.4 is 0 Å². The number of carboxylic acid groups (broad SMARTS) is 1. The number of aliphatic carboxylic acids is 1. The zero-order chi connectivity index (χ0) is 19.5. The molecule has 0 aromatic rings. The maximum atomic E-state index is 11.0. The Kier molecular flexibility index (Phi) is 18.4. The van der Waals surface area contributed by atoms with Gasteiger partial charge in [0.25, 0.3) is 0 Å². The molecular weight excluding hydrogens is 320 g/mol. The van der Waals surface area contributed by atoms with Crippen LogP contribution in [0.2, 0.25) is 0 Å². The Labute approximate surface area is 163 Å². The van der Waals surface area contributed by atoms with Gasteiger partial charge in [-0.1, -0.05) is 123 Å². The molecule has 2 heteroatoms. The molecule has 0 heterocycles. The van der Waals surface area contributed by atoms with Gasteiger partial charge in [-0.2, -0.15) is 0 Å². The van der Waals surface area contributed by atoms with E-state index in [2.05, 4.69) is 13.8 Å². The summed E-state index contributed by atoms with van der Waals surface area (Å²) in [5.41, 5.74) is 0.508. The first-order valence-corrected chi connectivity index (χ1v) is 11.5. The van der Waals surface area contributed by atoms with Crippen LogP contribution in [0.5, 0.6) is 0 Å². The van der Waals surface area contributed by atoms with Crippen molar-refractivity contribution in [2.75, 3.05) is 0 Å². The highest BCUT2D eigenvalue weighted by Gasteiger charge is 2.09. The van der Waals surface area contributed by atoms with E-state index in [9.17, 15) is 4.79 Å². The highest BCUT2D eigenvalue weighted by molar-refractivity contribution is 5.85. The van der Waals surface area contributed by atoms with E-state index in [0.29, 0.717) is 11.5 Å². The second kappa shape index (κ2) is 19.0. The van der Waals surface area contributed by atoms with E-state index >= 15 is 0 Å². The summed E-state index contributed by atoms with van der Waals surface area (Å²) < 4.78 is 0. The highest BCUT2D eigenvalue weighted by Crippen LogP contribution is 2.23. The lowest BCUT2D eigenvalue weighted by molar-refractivity contribution is -0.132. The number of unbranched alkanes of at least 4 members (excludes halogenated alkanes) is 12. The lowest BCUT2D eigenvalue weighted by Gasteiger charge is -2.15. The second-order valence-corrected chi connectivity index (χ2v) is 8.11. The van der Waals surface area contributed by atoms with Crippen LogP contribution in [-0.2, 0) is 4.79 Å². The molecule has 0 aromatic heterocycles. The molecule has 154 valence electrons. The van der Waals surface area contributed by atoms with Crippen molar-refractivity contribution in [3.05, 3.63) is 11.6 Å². The number of rotatable bonds is 19. The molecule has 0 radical (unpaired) electrons. The summed E-state index contributed by atoms with van der Waals surface area (Å²) >= 11 is 0. The molecule has 2 nitrogen and oxygen atoms in total. The third-order valence-corrected chi connectivity index (χ3v) is 5.53. The molecule has 1 unspecified atom stereocenters. The largest absolute Gasteiger partial charge is 0.478 e. The summed E-state index contributed by atoms with van der Waals surface area (Å²) in [6, 6.07) is 0. The fourth-order valence-electron chi connectivity index (χ4n) is 3.59. The minimum atomic E-state index is -0.768. The monoisotopic (exact) mass is 366 g/mol. The first-order chi connectivity index (χ1) is 12.6. The van der Waals surface area contributed by atoms with Crippen LogP contribution in [-0.4, -0.2) is 11.1 Å². The van der Waals surface area contributed by atoms with Crippen LogP contribution in [0.4, 0.5) is 0 Å². The van der Waals surface area contributed by atoms with Gasteiger partial charge < -0.3 is 5.11 Å². The summed E-state index contributed by atoms with van der Waals surface area (Å²) in [6.07, 6.45) is 24.4. The van der Waals surface area contributed by atoms with Crippen LogP contribution in [0, 0.1) is 5.92 Å². The summed E-state index contributed by atoms with van der Waals surface area (Å²) in [7, 11) is 0. The standard InChI is InChI=1S/C24H46O2/c1-4-6-8-10-12-13-15-17-19-23(21-20-22(3)24(25)26)18-16-14-11-9-7-5-2/h20,23H,4-19,21H2,1-3H3,(H,25,26). The van der Waals surface area contributed by atoms with Crippen molar-refractivity contribution < 1.29 is 9.90 Å². The van der Waals surface area contributed by atoms with E-state index in [1.165, 1.54) is 103 Å². The molecule has 0 spiro atoms. The number of hydrogen-bond acceptors (Lipinski definition) is 1. The molecule has 0 aliphatic carbocycles. The molecule has 0 bridgehead atoms. The van der Waals surface area contributed by atoms with Crippen molar-refractivity contribution in [1.29, 1.82) is 0 Å². The molecule has 0 fully saturated rings. The first kappa shape index (κ1) is 25.2. The van der Waals surface area contributed by atoms with Crippen LogP contribution in [0.3, 0.4) is 0 Å². The Morgan fingerprint density at radius 3 is 1.50 bits per heavy atom. The van der Waals surface area contributed by atoms with Gasteiger partial charge >= 0.3 is 5.97 Å². The van der Waals surface area contributed by atoms with Crippen molar-refractivity contribution in [2.24, 2.45) is 5.92 Å². The first-order valence-electron chi connectivity index (χ1n) is 11.5. The summed E-state index contributed by atoms with van der Waals surface area (Å²) in [6.45, 7) is 6.25. The van der Waals surface area contributed by atoms with Crippen molar-refractivity contribution in [3.8, 4) is 0 Å². The van der Waals surface area contributed by atoms with E-state index < -0.39 is 5.97 Å². The molecule has 0 aliphatic heterocycles. The summed E-state index contributed by atoms with van der Waals surface area (Å²) in [5, 5.41) is 9.06. The molecule has 26 heavy (non-hydrogen) atoms. The Morgan fingerprint density at radius 1 is 0.731 bits per heavy atom. The van der Waals surface area contributed by atoms with Crippen molar-refractivity contribution in [3.63, 3.8) is 0 Å². The summed E-state index contributed by atoms with van der Waals surface area (Å²) in [5.74, 6) is -0.0917. The molecular formula is C24H46O2. The molecule has 0 saturated carbocycles. The van der Waals surface area contributed by atoms with E-state index in [0.717, 1.165) is 6.42 Å². The fraction of sp³-hybridized carbons (Fsp3) is 0.875. The van der Waals surface area contributed by atoms with Gasteiger partial charge in [0.15, 0.2) is 0 Å². The maximum absolute atomic E-state index is 11.0. The second-order valence-electron chi connectivity index (χ2n) is 8.11. The van der Waals surface area contributed by atoms with Gasteiger partial charge in [0.05, 0.1) is 0 Å². The lowest BCUT2D eigenvalue weighted by Crippen LogP contribution is -2.02. The molecule has 1 atom stereocenters. The Hall–Kier alpha value is -0.790. The average Bonchev–Trinajstić information content (AvgIpc) is 2.63. The minimum absolute atomic E-state index is 0.508. The molecule has 1 N–H and O–H groups in total. The molecule has 0 aliphatic rings. The van der Waals surface area contributed by atoms with E-state index in [1.807, 2.05) is 6.08 Å². The van der Waals surface area contributed by atoms with Crippen LogP contribution in [0.25, 0.3) is 0 Å².